The standard InChI is InChI=1S/C16H15F2N/c17-13-8-14(18)10-15(9-13)19-11-16(6-7-16)12-4-2-1-3-5-12/h1-5,8-10,19H,6-7,11H2. The summed E-state index contributed by atoms with van der Waals surface area (Å²) in [5.41, 5.74) is 1.92. The molecule has 0 unspecified atom stereocenters. The third-order valence-corrected chi connectivity index (χ3v) is 3.73. The maximum atomic E-state index is 13.1. The summed E-state index contributed by atoms with van der Waals surface area (Å²) in [5.74, 6) is -1.10. The van der Waals surface area contributed by atoms with Gasteiger partial charge in [0, 0.05) is 23.7 Å². The maximum Gasteiger partial charge on any atom is 0.128 e. The van der Waals surface area contributed by atoms with Gasteiger partial charge in [-0.2, -0.15) is 0 Å². The lowest BCUT2D eigenvalue weighted by atomic mass is 9.96. The molecule has 0 atom stereocenters. The van der Waals surface area contributed by atoms with E-state index < -0.39 is 11.6 Å². The summed E-state index contributed by atoms with van der Waals surface area (Å²) in [4.78, 5) is 0. The first-order chi connectivity index (χ1) is 9.18. The van der Waals surface area contributed by atoms with Crippen LogP contribution in [-0.4, -0.2) is 6.54 Å². The zero-order chi connectivity index (χ0) is 13.3. The second kappa shape index (κ2) is 4.65. The third kappa shape index (κ3) is 2.60. The van der Waals surface area contributed by atoms with Crippen molar-refractivity contribution in [2.45, 2.75) is 18.3 Å². The van der Waals surface area contributed by atoms with E-state index in [4.69, 9.17) is 0 Å². The van der Waals surface area contributed by atoms with Crippen molar-refractivity contribution < 1.29 is 8.78 Å². The smallest absolute Gasteiger partial charge is 0.128 e. The molecular formula is C16H15F2N. The summed E-state index contributed by atoms with van der Waals surface area (Å²) in [7, 11) is 0. The van der Waals surface area contributed by atoms with E-state index in [-0.39, 0.29) is 5.41 Å². The number of halogens is 2. The summed E-state index contributed by atoms with van der Waals surface area (Å²) < 4.78 is 26.2. The van der Waals surface area contributed by atoms with E-state index in [0.29, 0.717) is 12.2 Å². The Morgan fingerprint density at radius 2 is 1.58 bits per heavy atom. The van der Waals surface area contributed by atoms with Crippen LogP contribution < -0.4 is 5.32 Å². The van der Waals surface area contributed by atoms with Crippen LogP contribution in [0.5, 0.6) is 0 Å². The predicted molar refractivity (Wildman–Crippen MR) is 72.2 cm³/mol. The Morgan fingerprint density at radius 3 is 2.16 bits per heavy atom. The molecule has 2 aromatic rings. The molecule has 1 fully saturated rings. The minimum atomic E-state index is -0.549. The van der Waals surface area contributed by atoms with Gasteiger partial charge in [0.25, 0.3) is 0 Å². The number of hydrogen-bond donors (Lipinski definition) is 1. The molecule has 0 heterocycles. The number of anilines is 1. The molecule has 1 aliphatic carbocycles. The molecular weight excluding hydrogens is 244 g/mol. The molecule has 0 saturated heterocycles. The second-order valence-electron chi connectivity index (χ2n) is 5.16. The van der Waals surface area contributed by atoms with Crippen LogP contribution >= 0.6 is 0 Å². The van der Waals surface area contributed by atoms with E-state index in [1.165, 1.54) is 17.7 Å². The summed E-state index contributed by atoms with van der Waals surface area (Å²) >= 11 is 0. The number of benzene rings is 2. The Bertz CT molecular complexity index is 556. The van der Waals surface area contributed by atoms with Gasteiger partial charge in [-0.05, 0) is 30.5 Å². The van der Waals surface area contributed by atoms with Gasteiger partial charge in [0.1, 0.15) is 11.6 Å². The minimum Gasteiger partial charge on any atom is -0.384 e. The van der Waals surface area contributed by atoms with E-state index in [2.05, 4.69) is 17.4 Å². The van der Waals surface area contributed by atoms with Crippen LogP contribution in [0.3, 0.4) is 0 Å². The lowest BCUT2D eigenvalue weighted by Gasteiger charge is -2.17. The molecule has 1 nitrogen and oxygen atoms in total. The summed E-state index contributed by atoms with van der Waals surface area (Å²) in [6.45, 7) is 0.708. The van der Waals surface area contributed by atoms with Crippen molar-refractivity contribution in [3.63, 3.8) is 0 Å². The summed E-state index contributed by atoms with van der Waals surface area (Å²) in [6.07, 6.45) is 2.23. The van der Waals surface area contributed by atoms with Gasteiger partial charge in [-0.3, -0.25) is 0 Å². The Labute approximate surface area is 111 Å². The molecule has 1 saturated carbocycles. The predicted octanol–water partition coefficient (Wildman–Crippen LogP) is 4.11. The summed E-state index contributed by atoms with van der Waals surface area (Å²) in [6, 6.07) is 13.8. The van der Waals surface area contributed by atoms with E-state index >= 15 is 0 Å². The number of nitrogens with one attached hydrogen (secondary N) is 1. The van der Waals surface area contributed by atoms with E-state index in [0.717, 1.165) is 18.9 Å². The fourth-order valence-electron chi connectivity index (χ4n) is 2.44. The van der Waals surface area contributed by atoms with Gasteiger partial charge in [-0.1, -0.05) is 30.3 Å². The minimum absolute atomic E-state index is 0.129. The van der Waals surface area contributed by atoms with Crippen LogP contribution in [0.4, 0.5) is 14.5 Å². The van der Waals surface area contributed by atoms with E-state index in [1.807, 2.05) is 18.2 Å². The van der Waals surface area contributed by atoms with Crippen molar-refractivity contribution in [3.05, 3.63) is 65.7 Å². The van der Waals surface area contributed by atoms with Gasteiger partial charge < -0.3 is 5.32 Å². The average molecular weight is 259 g/mol. The van der Waals surface area contributed by atoms with Crippen LogP contribution in [0.1, 0.15) is 18.4 Å². The fraction of sp³-hybridized carbons (Fsp3) is 0.250. The second-order valence-corrected chi connectivity index (χ2v) is 5.16. The maximum absolute atomic E-state index is 13.1. The topological polar surface area (TPSA) is 12.0 Å². The van der Waals surface area contributed by atoms with Crippen molar-refractivity contribution in [1.29, 1.82) is 0 Å². The monoisotopic (exact) mass is 259 g/mol. The van der Waals surface area contributed by atoms with Crippen LogP contribution in [0.25, 0.3) is 0 Å². The quantitative estimate of drug-likeness (QED) is 0.871. The van der Waals surface area contributed by atoms with E-state index in [1.54, 1.807) is 0 Å². The Morgan fingerprint density at radius 1 is 0.947 bits per heavy atom. The Kier molecular flexibility index (Phi) is 2.97. The van der Waals surface area contributed by atoms with Gasteiger partial charge in [0.2, 0.25) is 0 Å². The summed E-state index contributed by atoms with van der Waals surface area (Å²) in [5, 5.41) is 3.15. The van der Waals surface area contributed by atoms with Crippen molar-refractivity contribution in [2.75, 3.05) is 11.9 Å². The van der Waals surface area contributed by atoms with Gasteiger partial charge in [0.15, 0.2) is 0 Å². The molecule has 98 valence electrons. The molecule has 2 aromatic carbocycles. The molecule has 0 bridgehead atoms. The Hall–Kier alpha value is -1.90. The average Bonchev–Trinajstić information content (AvgIpc) is 3.18. The SMILES string of the molecule is Fc1cc(F)cc(NCC2(c3ccccc3)CC2)c1. The largest absolute Gasteiger partial charge is 0.384 e. The van der Waals surface area contributed by atoms with Gasteiger partial charge in [-0.25, -0.2) is 8.78 Å². The fourth-order valence-corrected chi connectivity index (χ4v) is 2.44. The lowest BCUT2D eigenvalue weighted by molar-refractivity contribution is 0.583. The van der Waals surface area contributed by atoms with Crippen LogP contribution in [0, 0.1) is 11.6 Å². The van der Waals surface area contributed by atoms with Crippen molar-refractivity contribution in [3.8, 4) is 0 Å². The zero-order valence-electron chi connectivity index (χ0n) is 10.5. The molecule has 1 N–H and O–H groups in total. The normalized spacial score (nSPS) is 16.1. The number of rotatable bonds is 4. The zero-order valence-corrected chi connectivity index (χ0v) is 10.5. The molecule has 0 aliphatic heterocycles. The molecule has 3 rings (SSSR count). The highest BCUT2D eigenvalue weighted by molar-refractivity contribution is 5.46. The highest BCUT2D eigenvalue weighted by Crippen LogP contribution is 2.48. The van der Waals surface area contributed by atoms with Gasteiger partial charge in [0.05, 0.1) is 0 Å². The first-order valence-corrected chi connectivity index (χ1v) is 6.43. The molecule has 0 radical (unpaired) electrons. The molecule has 1 aliphatic rings. The first kappa shape index (κ1) is 12.2. The Balaban J connectivity index is 1.73. The molecule has 0 aromatic heterocycles. The van der Waals surface area contributed by atoms with Crippen LogP contribution in [0.2, 0.25) is 0 Å². The number of hydrogen-bond acceptors (Lipinski definition) is 1. The lowest BCUT2D eigenvalue weighted by Crippen LogP contribution is -2.19. The first-order valence-electron chi connectivity index (χ1n) is 6.43. The van der Waals surface area contributed by atoms with Crippen LogP contribution in [0.15, 0.2) is 48.5 Å². The third-order valence-electron chi connectivity index (χ3n) is 3.73. The molecule has 3 heteroatoms. The highest BCUT2D eigenvalue weighted by atomic mass is 19.1. The van der Waals surface area contributed by atoms with E-state index in [9.17, 15) is 8.78 Å². The van der Waals surface area contributed by atoms with Crippen LogP contribution in [-0.2, 0) is 5.41 Å². The molecule has 0 spiro atoms. The van der Waals surface area contributed by atoms with Crippen molar-refractivity contribution in [2.24, 2.45) is 0 Å². The van der Waals surface area contributed by atoms with Gasteiger partial charge >= 0.3 is 0 Å². The van der Waals surface area contributed by atoms with Gasteiger partial charge in [-0.15, -0.1) is 0 Å². The molecule has 19 heavy (non-hydrogen) atoms. The van der Waals surface area contributed by atoms with Crippen molar-refractivity contribution >= 4 is 5.69 Å². The highest BCUT2D eigenvalue weighted by Gasteiger charge is 2.43. The molecule has 0 amide bonds. The van der Waals surface area contributed by atoms with Crippen molar-refractivity contribution in [1.82, 2.24) is 0 Å².